The zero-order chi connectivity index (χ0) is 50.0. The SMILES string of the molecule is CC(=O)OC12CC3[C@@H](C[C@H](CO)[C@@H](O)[C@H]3O)OC1[C@@H](C)[C@H](C)[C@@H](O[C@@H]1[C@@H](C)C[C@@H](O[C@@H]3C(C)CC(OC4CC[C@@]5(C)C(CCC6C5C[C@@H](C)[C@]5(O)[C@@H](C7=CC(=O)OC7)CC[C@]65O)C4)C[C@@H]3O)C[C@@H]1O)C2. The van der Waals surface area contributed by atoms with Gasteiger partial charge in [0, 0.05) is 56.6 Å². The van der Waals surface area contributed by atoms with Crippen LogP contribution in [0.2, 0.25) is 0 Å². The van der Waals surface area contributed by atoms with E-state index in [-0.39, 0.29) is 96.4 Å². The van der Waals surface area contributed by atoms with Crippen LogP contribution in [0, 0.1) is 70.5 Å². The van der Waals surface area contributed by atoms with Crippen molar-refractivity contribution in [3.63, 3.8) is 0 Å². The van der Waals surface area contributed by atoms with Crippen LogP contribution in [0.5, 0.6) is 0 Å². The highest BCUT2D eigenvalue weighted by Gasteiger charge is 2.72. The fraction of sp³-hybridized carbons (Fsp3) is 0.927. The van der Waals surface area contributed by atoms with Crippen molar-refractivity contribution in [3.8, 4) is 0 Å². The highest BCUT2D eigenvalue weighted by atomic mass is 16.6. The molecule has 0 aromatic heterocycles. The number of aliphatic hydroxyl groups is 7. The molecule has 0 aromatic carbocycles. The van der Waals surface area contributed by atoms with E-state index in [0.717, 1.165) is 50.5 Å². The second kappa shape index (κ2) is 19.1. The number of hydrogen-bond acceptors (Lipinski definition) is 15. The number of rotatable bonds is 9. The smallest absolute Gasteiger partial charge is 0.331 e. The van der Waals surface area contributed by atoms with Crippen molar-refractivity contribution in [3.05, 3.63) is 11.6 Å². The van der Waals surface area contributed by atoms with Gasteiger partial charge >= 0.3 is 11.9 Å². The molecule has 0 aromatic rings. The summed E-state index contributed by atoms with van der Waals surface area (Å²) in [6.45, 7) is 14.2. The summed E-state index contributed by atoms with van der Waals surface area (Å²) in [6, 6.07) is 0. The molecular weight excluding hydrogens is 901 g/mol. The van der Waals surface area contributed by atoms with E-state index < -0.39 is 83.4 Å². The van der Waals surface area contributed by atoms with E-state index in [1.54, 1.807) is 0 Å². The second-order valence-electron chi connectivity index (χ2n) is 25.5. The van der Waals surface area contributed by atoms with E-state index >= 15 is 0 Å². The molecule has 70 heavy (non-hydrogen) atoms. The highest BCUT2D eigenvalue weighted by molar-refractivity contribution is 5.85. The average molecular weight is 987 g/mol. The first-order valence-electron chi connectivity index (χ1n) is 27.6. The summed E-state index contributed by atoms with van der Waals surface area (Å²) in [4.78, 5) is 24.7. The molecule has 1 saturated heterocycles. The predicted octanol–water partition coefficient (Wildman–Crippen LogP) is 4.54. The lowest BCUT2D eigenvalue weighted by Gasteiger charge is -2.64. The minimum atomic E-state index is -1.28. The Hall–Kier alpha value is -1.76. The van der Waals surface area contributed by atoms with Gasteiger partial charge in [-0.3, -0.25) is 4.79 Å². The van der Waals surface area contributed by atoms with Crippen molar-refractivity contribution in [2.45, 2.75) is 235 Å². The molecule has 2 aliphatic heterocycles. The van der Waals surface area contributed by atoms with Crippen molar-refractivity contribution >= 4 is 11.9 Å². The van der Waals surface area contributed by atoms with Gasteiger partial charge in [-0.15, -0.1) is 0 Å². The number of esters is 2. The van der Waals surface area contributed by atoms with Gasteiger partial charge in [-0.25, -0.2) is 4.79 Å². The van der Waals surface area contributed by atoms with E-state index in [4.69, 9.17) is 28.4 Å². The number of ether oxygens (including phenoxy) is 6. The Labute approximate surface area is 414 Å². The Balaban J connectivity index is 0.726. The standard InChI is InChI=1S/C55H86O15/c1-26-14-36(66-35-10-12-52(7)34(19-35)8-9-40-41(52)16-28(3)55(64)39(11-13-54(40,55)63)33-18-46(60)65-25-33)20-42(58)49(26)67-37-15-27(2)50(43(59)21-37)68-45-23-53(70-31(6)57)22-38-44(69-51(53)30(5)29(45)4)17-32(24-56)47(61)48(38)62/h18,26-30,32,34-45,47-51,56,58-59,61-64H,8-17,19-25H2,1-7H3/t26?,27-,28+,29-,30-,32+,34?,35?,36?,37+,38?,39+,40?,41?,42-,43-,44+,45-,47+,48-,49+,50+,51?,52-,53?,54-,55-/m0/s1. The average Bonchev–Trinajstić information content (AvgIpc) is 3.86. The Morgan fingerprint density at radius 3 is 2.09 bits per heavy atom. The Morgan fingerprint density at radius 1 is 0.757 bits per heavy atom. The van der Waals surface area contributed by atoms with E-state index in [1.807, 2.05) is 0 Å². The third-order valence-electron chi connectivity index (χ3n) is 21.7. The van der Waals surface area contributed by atoms with Gasteiger partial charge in [0.05, 0.1) is 72.7 Å². The summed E-state index contributed by atoms with van der Waals surface area (Å²) >= 11 is 0. The van der Waals surface area contributed by atoms with Crippen molar-refractivity contribution in [2.75, 3.05) is 13.2 Å². The van der Waals surface area contributed by atoms with Crippen LogP contribution in [0.1, 0.15) is 145 Å². The third-order valence-corrected chi connectivity index (χ3v) is 21.7. The van der Waals surface area contributed by atoms with Crippen LogP contribution >= 0.6 is 0 Å². The quantitative estimate of drug-likeness (QED) is 0.157. The molecule has 15 heteroatoms. The minimum absolute atomic E-state index is 0.000881. The number of aliphatic hydroxyl groups excluding tert-OH is 5. The lowest BCUT2D eigenvalue weighted by Crippen LogP contribution is -2.69. The van der Waals surface area contributed by atoms with Gasteiger partial charge in [0.15, 0.2) is 0 Å². The Bertz CT molecular complexity index is 1940. The lowest BCUT2D eigenvalue weighted by atomic mass is 9.43. The first-order chi connectivity index (χ1) is 33.1. The molecule has 10 rings (SSSR count). The summed E-state index contributed by atoms with van der Waals surface area (Å²) < 4.78 is 38.7. The van der Waals surface area contributed by atoms with Crippen LogP contribution in [0.25, 0.3) is 0 Å². The zero-order valence-electron chi connectivity index (χ0n) is 42.8. The molecule has 0 amide bonds. The molecule has 10 aliphatic rings. The number of carbonyl (C=O) groups is 2. The molecular formula is C55H86O15. The number of hydrogen-bond donors (Lipinski definition) is 7. The van der Waals surface area contributed by atoms with Gasteiger partial charge in [-0.1, -0.05) is 41.5 Å². The van der Waals surface area contributed by atoms with Crippen molar-refractivity contribution in [2.24, 2.45) is 70.5 Å². The third kappa shape index (κ3) is 8.49. The van der Waals surface area contributed by atoms with Gasteiger partial charge in [-0.2, -0.15) is 0 Å². The topological polar surface area (TPSA) is 231 Å². The molecule has 8 aliphatic carbocycles. The Morgan fingerprint density at radius 2 is 1.44 bits per heavy atom. The van der Waals surface area contributed by atoms with Gasteiger partial charge < -0.3 is 64.2 Å². The Kier molecular flexibility index (Phi) is 14.1. The molecule has 2 heterocycles. The molecule has 9 fully saturated rings. The van der Waals surface area contributed by atoms with Gasteiger partial charge in [0.1, 0.15) is 23.9 Å². The highest BCUT2D eigenvalue weighted by Crippen LogP contribution is 2.68. The summed E-state index contributed by atoms with van der Waals surface area (Å²) in [6.07, 6.45) is 5.34. The molecule has 0 spiro atoms. The van der Waals surface area contributed by atoms with E-state index in [1.165, 1.54) is 13.0 Å². The first kappa shape index (κ1) is 51.7. The van der Waals surface area contributed by atoms with Crippen LogP contribution in [0.4, 0.5) is 0 Å². The maximum atomic E-state index is 12.7. The fourth-order valence-corrected chi connectivity index (χ4v) is 18.0. The lowest BCUT2D eigenvalue weighted by molar-refractivity contribution is -0.297. The fourth-order valence-electron chi connectivity index (χ4n) is 18.0. The molecule has 396 valence electrons. The molecule has 9 unspecified atom stereocenters. The second-order valence-corrected chi connectivity index (χ2v) is 25.5. The normalized spacial score (nSPS) is 55.5. The summed E-state index contributed by atoms with van der Waals surface area (Å²) in [7, 11) is 0. The minimum Gasteiger partial charge on any atom is -0.458 e. The van der Waals surface area contributed by atoms with Crippen molar-refractivity contribution in [1.82, 2.24) is 0 Å². The van der Waals surface area contributed by atoms with E-state index in [0.29, 0.717) is 57.3 Å². The molecule has 0 radical (unpaired) electrons. The summed E-state index contributed by atoms with van der Waals surface area (Å²) in [5.74, 6) is -1.63. The summed E-state index contributed by atoms with van der Waals surface area (Å²) in [5, 5.41) is 80.5. The van der Waals surface area contributed by atoms with Crippen LogP contribution < -0.4 is 0 Å². The van der Waals surface area contributed by atoms with Crippen LogP contribution in [-0.2, 0) is 38.0 Å². The van der Waals surface area contributed by atoms with Crippen LogP contribution in [0.15, 0.2) is 11.6 Å². The van der Waals surface area contributed by atoms with Gasteiger partial charge in [0.25, 0.3) is 0 Å². The molecule has 0 bridgehead atoms. The summed E-state index contributed by atoms with van der Waals surface area (Å²) in [5.41, 5.74) is -2.73. The molecule has 7 N–H and O–H groups in total. The van der Waals surface area contributed by atoms with Crippen molar-refractivity contribution < 1.29 is 73.8 Å². The van der Waals surface area contributed by atoms with E-state index in [2.05, 4.69) is 41.5 Å². The first-order valence-corrected chi connectivity index (χ1v) is 27.6. The molecule has 8 saturated carbocycles. The maximum absolute atomic E-state index is 12.7. The molecule has 27 atom stereocenters. The number of cyclic esters (lactones) is 1. The van der Waals surface area contributed by atoms with Crippen LogP contribution in [-0.4, -0.2) is 151 Å². The monoisotopic (exact) mass is 987 g/mol. The van der Waals surface area contributed by atoms with Gasteiger partial charge in [0.2, 0.25) is 0 Å². The largest absolute Gasteiger partial charge is 0.458 e. The van der Waals surface area contributed by atoms with Crippen molar-refractivity contribution in [1.29, 1.82) is 0 Å². The number of carbonyl (C=O) groups excluding carboxylic acids is 2. The molecule has 15 nitrogen and oxygen atoms in total. The predicted molar refractivity (Wildman–Crippen MR) is 253 cm³/mol. The maximum Gasteiger partial charge on any atom is 0.331 e. The van der Waals surface area contributed by atoms with E-state index in [9.17, 15) is 45.3 Å². The van der Waals surface area contributed by atoms with Crippen LogP contribution in [0.3, 0.4) is 0 Å². The van der Waals surface area contributed by atoms with Gasteiger partial charge in [-0.05, 0) is 135 Å². The number of fused-ring (bicyclic) bond motifs is 7. The zero-order valence-corrected chi connectivity index (χ0v) is 42.8.